The van der Waals surface area contributed by atoms with Crippen molar-refractivity contribution in [1.29, 1.82) is 0 Å². The van der Waals surface area contributed by atoms with Crippen molar-refractivity contribution in [3.05, 3.63) is 28.8 Å². The Labute approximate surface area is 81.5 Å². The summed E-state index contributed by atoms with van der Waals surface area (Å²) in [5.41, 5.74) is 0.357. The molecule has 0 radical (unpaired) electrons. The average Bonchev–Trinajstić information content (AvgIpc) is 2.45. The van der Waals surface area contributed by atoms with E-state index in [1.165, 1.54) is 0 Å². The molecule has 0 saturated heterocycles. The molecule has 3 heteroatoms. The van der Waals surface area contributed by atoms with Crippen LogP contribution in [0.2, 0.25) is 5.02 Å². The first-order valence-electron chi connectivity index (χ1n) is 4.05. The fourth-order valence-corrected chi connectivity index (χ4v) is 1.65. The average molecular weight is 197 g/mol. The standard InChI is InChI=1S/C10H9ClO2/c1-10(5-12)6-13-9-3-2-7(11)4-8(9)10/h2-5H,6H2,1H3. The summed E-state index contributed by atoms with van der Waals surface area (Å²) in [6.07, 6.45) is 0.912. The molecule has 1 aromatic rings. The Morgan fingerprint density at radius 1 is 1.62 bits per heavy atom. The summed E-state index contributed by atoms with van der Waals surface area (Å²) in [5.74, 6) is 0.763. The number of hydrogen-bond acceptors (Lipinski definition) is 2. The highest BCUT2D eigenvalue weighted by Gasteiger charge is 2.36. The highest BCUT2D eigenvalue weighted by atomic mass is 35.5. The molecular weight excluding hydrogens is 188 g/mol. The summed E-state index contributed by atoms with van der Waals surface area (Å²) in [7, 11) is 0. The van der Waals surface area contributed by atoms with Gasteiger partial charge in [0.1, 0.15) is 18.6 Å². The maximum absolute atomic E-state index is 10.9. The predicted molar refractivity (Wildman–Crippen MR) is 50.4 cm³/mol. The number of hydrogen-bond donors (Lipinski definition) is 0. The van der Waals surface area contributed by atoms with Gasteiger partial charge in [-0.05, 0) is 25.1 Å². The zero-order chi connectivity index (χ0) is 9.47. The third-order valence-corrected chi connectivity index (χ3v) is 2.58. The topological polar surface area (TPSA) is 26.3 Å². The van der Waals surface area contributed by atoms with Gasteiger partial charge in [0.2, 0.25) is 0 Å². The molecule has 13 heavy (non-hydrogen) atoms. The number of ether oxygens (including phenoxy) is 1. The Kier molecular flexibility index (Phi) is 1.81. The second-order valence-corrected chi connectivity index (χ2v) is 3.90. The van der Waals surface area contributed by atoms with Crippen molar-refractivity contribution in [1.82, 2.24) is 0 Å². The largest absolute Gasteiger partial charge is 0.492 e. The van der Waals surface area contributed by atoms with Crippen LogP contribution < -0.4 is 4.74 Å². The maximum atomic E-state index is 10.9. The predicted octanol–water partition coefficient (Wildman–Crippen LogP) is 2.19. The van der Waals surface area contributed by atoms with E-state index in [1.807, 2.05) is 6.92 Å². The van der Waals surface area contributed by atoms with Crippen molar-refractivity contribution in [3.8, 4) is 5.75 Å². The lowest BCUT2D eigenvalue weighted by atomic mass is 9.86. The van der Waals surface area contributed by atoms with Crippen LogP contribution >= 0.6 is 11.6 Å². The van der Waals surface area contributed by atoms with Crippen LogP contribution in [0.15, 0.2) is 18.2 Å². The van der Waals surface area contributed by atoms with Gasteiger partial charge in [-0.15, -0.1) is 0 Å². The van der Waals surface area contributed by atoms with Gasteiger partial charge < -0.3 is 9.53 Å². The lowest BCUT2D eigenvalue weighted by molar-refractivity contribution is -0.112. The van der Waals surface area contributed by atoms with Gasteiger partial charge in [0.15, 0.2) is 0 Å². The highest BCUT2D eigenvalue weighted by Crippen LogP contribution is 2.38. The Hall–Kier alpha value is -1.02. The first kappa shape index (κ1) is 8.57. The molecule has 0 fully saturated rings. The quantitative estimate of drug-likeness (QED) is 0.644. The number of carbonyl (C=O) groups excluding carboxylic acids is 1. The molecule has 2 rings (SSSR count). The molecule has 2 nitrogen and oxygen atoms in total. The third-order valence-electron chi connectivity index (χ3n) is 2.34. The second kappa shape index (κ2) is 2.74. The number of halogens is 1. The van der Waals surface area contributed by atoms with Gasteiger partial charge in [-0.2, -0.15) is 0 Å². The molecule has 1 aliphatic heterocycles. The number of fused-ring (bicyclic) bond motifs is 1. The van der Waals surface area contributed by atoms with Crippen molar-refractivity contribution in [2.24, 2.45) is 0 Å². The third kappa shape index (κ3) is 1.22. The van der Waals surface area contributed by atoms with Gasteiger partial charge >= 0.3 is 0 Å². The molecule has 0 N–H and O–H groups in total. The van der Waals surface area contributed by atoms with Crippen LogP contribution in [0.3, 0.4) is 0 Å². The lowest BCUT2D eigenvalue weighted by Gasteiger charge is -2.12. The summed E-state index contributed by atoms with van der Waals surface area (Å²) < 4.78 is 5.37. The van der Waals surface area contributed by atoms with E-state index in [4.69, 9.17) is 16.3 Å². The first-order valence-corrected chi connectivity index (χ1v) is 4.43. The normalized spacial score (nSPS) is 25.1. The summed E-state index contributed by atoms with van der Waals surface area (Å²) in [4.78, 5) is 10.9. The number of rotatable bonds is 1. The minimum atomic E-state index is -0.528. The first-order chi connectivity index (χ1) is 6.15. The molecule has 1 aliphatic rings. The van der Waals surface area contributed by atoms with E-state index in [0.29, 0.717) is 11.6 Å². The second-order valence-electron chi connectivity index (χ2n) is 3.46. The summed E-state index contributed by atoms with van der Waals surface area (Å²) in [6.45, 7) is 2.26. The van der Waals surface area contributed by atoms with Gasteiger partial charge in [0.05, 0.1) is 5.41 Å². The van der Waals surface area contributed by atoms with Crippen LogP contribution in [0.5, 0.6) is 5.75 Å². The van der Waals surface area contributed by atoms with Crippen molar-refractivity contribution in [3.63, 3.8) is 0 Å². The molecule has 1 atom stereocenters. The van der Waals surface area contributed by atoms with E-state index in [0.717, 1.165) is 17.6 Å². The molecule has 0 aliphatic carbocycles. The minimum absolute atomic E-state index is 0.409. The van der Waals surface area contributed by atoms with Gasteiger partial charge in [-0.1, -0.05) is 11.6 Å². The highest BCUT2D eigenvalue weighted by molar-refractivity contribution is 6.30. The molecular formula is C10H9ClO2. The number of aldehydes is 1. The monoisotopic (exact) mass is 196 g/mol. The van der Waals surface area contributed by atoms with Crippen molar-refractivity contribution in [2.75, 3.05) is 6.61 Å². The van der Waals surface area contributed by atoms with E-state index in [1.54, 1.807) is 18.2 Å². The van der Waals surface area contributed by atoms with Crippen molar-refractivity contribution >= 4 is 17.9 Å². The molecule has 0 aromatic heterocycles. The zero-order valence-electron chi connectivity index (χ0n) is 7.21. The molecule has 1 heterocycles. The Balaban J connectivity index is 2.58. The van der Waals surface area contributed by atoms with Crippen LogP contribution in [-0.2, 0) is 10.2 Å². The van der Waals surface area contributed by atoms with E-state index in [2.05, 4.69) is 0 Å². The van der Waals surface area contributed by atoms with Gasteiger partial charge in [-0.3, -0.25) is 0 Å². The molecule has 68 valence electrons. The van der Waals surface area contributed by atoms with Crippen molar-refractivity contribution in [2.45, 2.75) is 12.3 Å². The minimum Gasteiger partial charge on any atom is -0.492 e. The fraction of sp³-hybridized carbons (Fsp3) is 0.300. The lowest BCUT2D eigenvalue weighted by Crippen LogP contribution is -2.25. The van der Waals surface area contributed by atoms with Crippen LogP contribution in [0.4, 0.5) is 0 Å². The van der Waals surface area contributed by atoms with E-state index >= 15 is 0 Å². The maximum Gasteiger partial charge on any atom is 0.133 e. The van der Waals surface area contributed by atoms with Gasteiger partial charge in [0, 0.05) is 10.6 Å². The van der Waals surface area contributed by atoms with E-state index < -0.39 is 5.41 Å². The van der Waals surface area contributed by atoms with Crippen molar-refractivity contribution < 1.29 is 9.53 Å². The molecule has 0 bridgehead atoms. The van der Waals surface area contributed by atoms with Crippen LogP contribution in [0, 0.1) is 0 Å². The number of benzene rings is 1. The van der Waals surface area contributed by atoms with Gasteiger partial charge in [-0.25, -0.2) is 0 Å². The van der Waals surface area contributed by atoms with E-state index in [-0.39, 0.29) is 0 Å². The molecule has 0 saturated carbocycles. The number of carbonyl (C=O) groups is 1. The summed E-state index contributed by atoms with van der Waals surface area (Å²) in [5, 5.41) is 0.636. The Morgan fingerprint density at radius 2 is 2.38 bits per heavy atom. The summed E-state index contributed by atoms with van der Waals surface area (Å²) >= 11 is 5.84. The zero-order valence-corrected chi connectivity index (χ0v) is 7.97. The van der Waals surface area contributed by atoms with Gasteiger partial charge in [0.25, 0.3) is 0 Å². The molecule has 1 aromatic carbocycles. The fourth-order valence-electron chi connectivity index (χ4n) is 1.48. The van der Waals surface area contributed by atoms with Crippen LogP contribution in [0.25, 0.3) is 0 Å². The smallest absolute Gasteiger partial charge is 0.133 e. The SMILES string of the molecule is CC1(C=O)COc2ccc(Cl)cc21. The Morgan fingerprint density at radius 3 is 3.08 bits per heavy atom. The van der Waals surface area contributed by atoms with Crippen LogP contribution in [0.1, 0.15) is 12.5 Å². The van der Waals surface area contributed by atoms with Crippen LogP contribution in [-0.4, -0.2) is 12.9 Å². The molecule has 0 spiro atoms. The molecule has 0 amide bonds. The summed E-state index contributed by atoms with van der Waals surface area (Å²) in [6, 6.07) is 5.35. The Bertz CT molecular complexity index is 362. The van der Waals surface area contributed by atoms with E-state index in [9.17, 15) is 4.79 Å². The molecule has 1 unspecified atom stereocenters.